The summed E-state index contributed by atoms with van der Waals surface area (Å²) in [7, 11) is 3.77. The molecule has 0 aliphatic heterocycles. The number of ether oxygens (including phenoxy) is 1. The van der Waals surface area contributed by atoms with E-state index in [0.29, 0.717) is 18.1 Å². The Balaban J connectivity index is 2.53. The smallest absolute Gasteiger partial charge is 0.187 e. The van der Waals surface area contributed by atoms with Gasteiger partial charge in [-0.1, -0.05) is 13.8 Å². The van der Waals surface area contributed by atoms with Gasteiger partial charge in [-0.3, -0.25) is 4.79 Å². The maximum Gasteiger partial charge on any atom is 0.187 e. The van der Waals surface area contributed by atoms with Crippen molar-refractivity contribution in [2.45, 2.75) is 20.3 Å². The highest BCUT2D eigenvalue weighted by Gasteiger charge is 2.02. The van der Waals surface area contributed by atoms with Crippen LogP contribution in [0.2, 0.25) is 0 Å². The summed E-state index contributed by atoms with van der Waals surface area (Å²) in [4.78, 5) is 13.6. The van der Waals surface area contributed by atoms with Gasteiger partial charge in [-0.05, 0) is 36.6 Å². The van der Waals surface area contributed by atoms with Gasteiger partial charge in [0.25, 0.3) is 0 Å². The van der Waals surface area contributed by atoms with Crippen LogP contribution in [0.4, 0.5) is 0 Å². The molecule has 0 saturated heterocycles. The topological polar surface area (TPSA) is 29.5 Å². The Kier molecular flexibility index (Phi) is 6.13. The van der Waals surface area contributed by atoms with Crippen molar-refractivity contribution in [3.8, 4) is 5.75 Å². The molecule has 1 aromatic carbocycles. The molecular weight excluding hydrogens is 238 g/mol. The van der Waals surface area contributed by atoms with Crippen LogP contribution in [0.5, 0.6) is 5.75 Å². The Morgan fingerprint density at radius 3 is 2.42 bits per heavy atom. The first kappa shape index (κ1) is 15.3. The summed E-state index contributed by atoms with van der Waals surface area (Å²) in [6.45, 7) is 5.05. The van der Waals surface area contributed by atoms with Crippen molar-refractivity contribution in [2.75, 3.05) is 20.7 Å². The summed E-state index contributed by atoms with van der Waals surface area (Å²) in [6.07, 6.45) is 4.34. The predicted octanol–water partition coefficient (Wildman–Crippen LogP) is 3.37. The van der Waals surface area contributed by atoms with Crippen molar-refractivity contribution in [1.29, 1.82) is 0 Å². The number of nitrogens with zero attached hydrogens (tertiary/aromatic N) is 1. The third-order valence-corrected chi connectivity index (χ3v) is 2.63. The SMILES string of the molecule is CC(C)CCOc1ccc(C(=O)/C=C/N(C)C)cc1. The molecule has 0 aromatic heterocycles. The molecule has 0 spiro atoms. The number of carbonyl (C=O) groups is 1. The molecule has 0 saturated carbocycles. The monoisotopic (exact) mass is 261 g/mol. The van der Waals surface area contributed by atoms with Crippen LogP contribution in [-0.2, 0) is 0 Å². The Labute approximate surface area is 115 Å². The van der Waals surface area contributed by atoms with Crippen LogP contribution in [-0.4, -0.2) is 31.4 Å². The van der Waals surface area contributed by atoms with Gasteiger partial charge in [0.15, 0.2) is 5.78 Å². The minimum atomic E-state index is 0.00225. The lowest BCUT2D eigenvalue weighted by molar-refractivity contribution is 0.104. The maximum atomic E-state index is 11.8. The predicted molar refractivity (Wildman–Crippen MR) is 78.5 cm³/mol. The summed E-state index contributed by atoms with van der Waals surface area (Å²) < 4.78 is 5.61. The van der Waals surface area contributed by atoms with E-state index in [9.17, 15) is 4.79 Å². The van der Waals surface area contributed by atoms with Crippen molar-refractivity contribution >= 4 is 5.78 Å². The molecule has 104 valence electrons. The summed E-state index contributed by atoms with van der Waals surface area (Å²) in [5.74, 6) is 1.45. The van der Waals surface area contributed by atoms with E-state index in [2.05, 4.69) is 13.8 Å². The quantitative estimate of drug-likeness (QED) is 0.556. The second-order valence-corrected chi connectivity index (χ2v) is 5.20. The molecule has 0 bridgehead atoms. The molecule has 0 atom stereocenters. The molecule has 0 aliphatic carbocycles. The van der Waals surface area contributed by atoms with Gasteiger partial charge in [0, 0.05) is 31.9 Å². The van der Waals surface area contributed by atoms with Gasteiger partial charge >= 0.3 is 0 Å². The summed E-state index contributed by atoms with van der Waals surface area (Å²) in [5, 5.41) is 0. The first-order valence-electron chi connectivity index (χ1n) is 6.61. The Morgan fingerprint density at radius 2 is 1.89 bits per heavy atom. The van der Waals surface area contributed by atoms with Crippen molar-refractivity contribution in [2.24, 2.45) is 5.92 Å². The minimum absolute atomic E-state index is 0.00225. The zero-order chi connectivity index (χ0) is 14.3. The van der Waals surface area contributed by atoms with Crippen molar-refractivity contribution < 1.29 is 9.53 Å². The van der Waals surface area contributed by atoms with E-state index in [-0.39, 0.29) is 5.78 Å². The summed E-state index contributed by atoms with van der Waals surface area (Å²) in [5.41, 5.74) is 0.675. The van der Waals surface area contributed by atoms with Gasteiger partial charge in [0.05, 0.1) is 6.61 Å². The molecule has 0 N–H and O–H groups in total. The molecule has 1 rings (SSSR count). The number of hydrogen-bond acceptors (Lipinski definition) is 3. The van der Waals surface area contributed by atoms with Gasteiger partial charge in [-0.2, -0.15) is 0 Å². The van der Waals surface area contributed by atoms with Crippen molar-refractivity contribution in [1.82, 2.24) is 4.90 Å². The highest BCUT2D eigenvalue weighted by atomic mass is 16.5. The van der Waals surface area contributed by atoms with Gasteiger partial charge in [-0.15, -0.1) is 0 Å². The highest BCUT2D eigenvalue weighted by Crippen LogP contribution is 2.14. The van der Waals surface area contributed by atoms with Crippen molar-refractivity contribution in [3.63, 3.8) is 0 Å². The van der Waals surface area contributed by atoms with Crippen LogP contribution in [0, 0.1) is 5.92 Å². The minimum Gasteiger partial charge on any atom is -0.494 e. The fourth-order valence-corrected chi connectivity index (χ4v) is 1.44. The van der Waals surface area contributed by atoms with E-state index in [4.69, 9.17) is 4.74 Å². The molecule has 3 nitrogen and oxygen atoms in total. The fourth-order valence-electron chi connectivity index (χ4n) is 1.44. The average Bonchev–Trinajstić information content (AvgIpc) is 2.36. The fraction of sp³-hybridized carbons (Fsp3) is 0.438. The van der Waals surface area contributed by atoms with E-state index in [1.165, 1.54) is 0 Å². The Bertz CT molecular complexity index is 419. The molecule has 1 aromatic rings. The first-order valence-corrected chi connectivity index (χ1v) is 6.61. The Morgan fingerprint density at radius 1 is 1.26 bits per heavy atom. The number of allylic oxidation sites excluding steroid dienone is 1. The van der Waals surface area contributed by atoms with Crippen LogP contribution in [0.1, 0.15) is 30.6 Å². The molecule has 0 radical (unpaired) electrons. The zero-order valence-corrected chi connectivity index (χ0v) is 12.2. The normalized spacial score (nSPS) is 11.0. The Hall–Kier alpha value is -1.77. The first-order chi connectivity index (χ1) is 8.99. The standard InChI is InChI=1S/C16H23NO2/c1-13(2)10-12-19-15-7-5-14(6-8-15)16(18)9-11-17(3)4/h5-9,11,13H,10,12H2,1-4H3/b11-9+. The molecule has 0 amide bonds. The number of ketones is 1. The molecule has 19 heavy (non-hydrogen) atoms. The van der Waals surface area contributed by atoms with Gasteiger partial charge in [-0.25, -0.2) is 0 Å². The van der Waals surface area contributed by atoms with E-state index >= 15 is 0 Å². The molecule has 0 fully saturated rings. The molecule has 0 unspecified atom stereocenters. The number of hydrogen-bond donors (Lipinski definition) is 0. The second-order valence-electron chi connectivity index (χ2n) is 5.20. The van der Waals surface area contributed by atoms with Crippen LogP contribution < -0.4 is 4.74 Å². The lowest BCUT2D eigenvalue weighted by Gasteiger charge is -2.08. The number of carbonyl (C=O) groups excluding carboxylic acids is 1. The second kappa shape index (κ2) is 7.62. The van der Waals surface area contributed by atoms with E-state index in [1.54, 1.807) is 24.4 Å². The van der Waals surface area contributed by atoms with Crippen LogP contribution in [0.25, 0.3) is 0 Å². The van der Waals surface area contributed by atoms with Crippen LogP contribution in [0.3, 0.4) is 0 Å². The van der Waals surface area contributed by atoms with Crippen LogP contribution in [0.15, 0.2) is 36.5 Å². The van der Waals surface area contributed by atoms with Gasteiger partial charge < -0.3 is 9.64 Å². The van der Waals surface area contributed by atoms with Gasteiger partial charge in [0.2, 0.25) is 0 Å². The van der Waals surface area contributed by atoms with E-state index < -0.39 is 0 Å². The lowest BCUT2D eigenvalue weighted by Crippen LogP contribution is -2.03. The molecule has 0 aliphatic rings. The highest BCUT2D eigenvalue weighted by molar-refractivity contribution is 6.04. The lowest BCUT2D eigenvalue weighted by atomic mass is 10.1. The average molecular weight is 261 g/mol. The van der Waals surface area contributed by atoms with E-state index in [0.717, 1.165) is 12.2 Å². The summed E-state index contributed by atoms with van der Waals surface area (Å²) >= 11 is 0. The summed E-state index contributed by atoms with van der Waals surface area (Å²) in [6, 6.07) is 7.29. The van der Waals surface area contributed by atoms with Crippen molar-refractivity contribution in [3.05, 3.63) is 42.1 Å². The molecular formula is C16H23NO2. The molecule has 3 heteroatoms. The largest absolute Gasteiger partial charge is 0.494 e. The number of benzene rings is 1. The third-order valence-electron chi connectivity index (χ3n) is 2.63. The molecule has 0 heterocycles. The zero-order valence-electron chi connectivity index (χ0n) is 12.2. The van der Waals surface area contributed by atoms with E-state index in [1.807, 2.05) is 31.1 Å². The number of rotatable bonds is 7. The third kappa shape index (κ3) is 6.09. The maximum absolute atomic E-state index is 11.8. The van der Waals surface area contributed by atoms with Crippen LogP contribution >= 0.6 is 0 Å². The van der Waals surface area contributed by atoms with Gasteiger partial charge in [0.1, 0.15) is 5.75 Å².